The number of carbonyl (C=O) groups is 1. The van der Waals surface area contributed by atoms with E-state index in [0.717, 1.165) is 22.1 Å². The summed E-state index contributed by atoms with van der Waals surface area (Å²) < 4.78 is 8.82. The fraction of sp³-hybridized carbons (Fsp3) is 0.158. The normalized spacial score (nSPS) is 12.3. The molecule has 2 heterocycles. The average Bonchev–Trinajstić information content (AvgIpc) is 3.21. The van der Waals surface area contributed by atoms with Gasteiger partial charge >= 0.3 is 5.91 Å². The Morgan fingerprint density at radius 3 is 2.84 bits per heavy atom. The van der Waals surface area contributed by atoms with Crippen molar-refractivity contribution in [2.24, 2.45) is 4.99 Å². The summed E-state index contributed by atoms with van der Waals surface area (Å²) in [7, 11) is 0. The maximum Gasteiger partial charge on any atom is 0.315 e. The van der Waals surface area contributed by atoms with Crippen LogP contribution in [0.15, 0.2) is 62.8 Å². The Bertz CT molecular complexity index is 1120. The molecule has 4 aromatic rings. The Morgan fingerprint density at radius 1 is 1.24 bits per heavy atom. The number of aromatic nitrogens is 1. The van der Waals surface area contributed by atoms with Gasteiger partial charge in [-0.15, -0.1) is 11.8 Å². The zero-order chi connectivity index (χ0) is 17.4. The van der Waals surface area contributed by atoms with Crippen molar-refractivity contribution in [1.82, 2.24) is 4.57 Å². The van der Waals surface area contributed by atoms with E-state index in [-0.39, 0.29) is 11.7 Å². The second-order valence-corrected chi connectivity index (χ2v) is 7.42. The Kier molecular flexibility index (Phi) is 4.23. The lowest BCUT2D eigenvalue weighted by Gasteiger charge is -2.00. The molecule has 0 spiro atoms. The van der Waals surface area contributed by atoms with E-state index in [4.69, 9.17) is 4.42 Å². The lowest BCUT2D eigenvalue weighted by molar-refractivity contribution is 0.0973. The van der Waals surface area contributed by atoms with Crippen LogP contribution in [0.3, 0.4) is 0 Å². The van der Waals surface area contributed by atoms with Gasteiger partial charge in [0.05, 0.1) is 10.2 Å². The van der Waals surface area contributed by atoms with Crippen LogP contribution in [-0.4, -0.2) is 16.7 Å². The zero-order valence-electron chi connectivity index (χ0n) is 13.9. The number of thiazole rings is 1. The van der Waals surface area contributed by atoms with Crippen molar-refractivity contribution in [3.8, 4) is 0 Å². The molecule has 0 radical (unpaired) electrons. The molecule has 0 N–H and O–H groups in total. The summed E-state index contributed by atoms with van der Waals surface area (Å²) in [5.74, 6) is -0.0823. The maximum absolute atomic E-state index is 12.6. The largest absolute Gasteiger partial charge is 0.451 e. The molecule has 0 bridgehead atoms. The van der Waals surface area contributed by atoms with E-state index >= 15 is 0 Å². The number of rotatable bonds is 3. The molecule has 1 amide bonds. The topological polar surface area (TPSA) is 47.5 Å². The Labute approximate surface area is 152 Å². The van der Waals surface area contributed by atoms with Crippen LogP contribution in [-0.2, 0) is 6.54 Å². The maximum atomic E-state index is 12.6. The van der Waals surface area contributed by atoms with Gasteiger partial charge in [0.25, 0.3) is 0 Å². The summed E-state index contributed by atoms with van der Waals surface area (Å²) in [4.78, 5) is 18.8. The Hall–Kier alpha value is -2.31. The van der Waals surface area contributed by atoms with Gasteiger partial charge in [-0.1, -0.05) is 29.5 Å². The molecule has 6 heteroatoms. The number of thioether (sulfide) groups is 1. The van der Waals surface area contributed by atoms with E-state index in [1.807, 2.05) is 24.3 Å². The fourth-order valence-corrected chi connectivity index (χ4v) is 4.45. The van der Waals surface area contributed by atoms with Crippen LogP contribution < -0.4 is 4.80 Å². The highest BCUT2D eigenvalue weighted by Crippen LogP contribution is 2.24. The van der Waals surface area contributed by atoms with Crippen LogP contribution in [0.1, 0.15) is 17.5 Å². The minimum atomic E-state index is -0.352. The van der Waals surface area contributed by atoms with E-state index < -0.39 is 0 Å². The van der Waals surface area contributed by atoms with Crippen LogP contribution >= 0.6 is 23.1 Å². The monoisotopic (exact) mass is 368 g/mol. The molecule has 2 aromatic carbocycles. The molecule has 0 fully saturated rings. The van der Waals surface area contributed by atoms with Gasteiger partial charge in [-0.05, 0) is 43.5 Å². The highest BCUT2D eigenvalue weighted by molar-refractivity contribution is 7.98. The minimum absolute atomic E-state index is 0.270. The van der Waals surface area contributed by atoms with Crippen LogP contribution in [0, 0.1) is 0 Å². The molecule has 4 nitrogen and oxygen atoms in total. The lowest BCUT2D eigenvalue weighted by Crippen LogP contribution is -2.15. The molecule has 25 heavy (non-hydrogen) atoms. The van der Waals surface area contributed by atoms with Gasteiger partial charge in [-0.2, -0.15) is 4.99 Å². The Balaban J connectivity index is 1.83. The molecule has 4 rings (SSSR count). The number of hydrogen-bond donors (Lipinski definition) is 0. The molecule has 0 saturated heterocycles. The fourth-order valence-electron chi connectivity index (χ4n) is 2.80. The molecule has 0 atom stereocenters. The van der Waals surface area contributed by atoms with Crippen molar-refractivity contribution in [2.75, 3.05) is 6.26 Å². The van der Waals surface area contributed by atoms with Gasteiger partial charge in [0, 0.05) is 16.8 Å². The van der Waals surface area contributed by atoms with Crippen molar-refractivity contribution in [2.45, 2.75) is 18.4 Å². The number of nitrogens with zero attached hydrogens (tertiary/aromatic N) is 2. The molecular formula is C19H16N2O2S2. The number of aryl methyl sites for hydroxylation is 1. The summed E-state index contributed by atoms with van der Waals surface area (Å²) in [5.41, 5.74) is 1.80. The second kappa shape index (κ2) is 6.54. The number of para-hydroxylation sites is 1. The molecule has 0 aliphatic rings. The third-order valence-corrected chi connectivity index (χ3v) is 5.81. The lowest BCUT2D eigenvalue weighted by atomic mass is 10.2. The summed E-state index contributed by atoms with van der Waals surface area (Å²) in [6.07, 6.45) is 2.05. The van der Waals surface area contributed by atoms with E-state index in [9.17, 15) is 4.79 Å². The van der Waals surface area contributed by atoms with Crippen molar-refractivity contribution in [3.63, 3.8) is 0 Å². The van der Waals surface area contributed by atoms with Crippen LogP contribution in [0.2, 0.25) is 0 Å². The van der Waals surface area contributed by atoms with E-state index in [1.54, 1.807) is 17.8 Å². The third-order valence-electron chi connectivity index (χ3n) is 4.04. The average molecular weight is 368 g/mol. The molecule has 2 aromatic heterocycles. The van der Waals surface area contributed by atoms with Crippen LogP contribution in [0.4, 0.5) is 0 Å². The van der Waals surface area contributed by atoms with E-state index in [0.29, 0.717) is 10.4 Å². The van der Waals surface area contributed by atoms with Crippen molar-refractivity contribution in [1.29, 1.82) is 0 Å². The third kappa shape index (κ3) is 2.92. The SMILES string of the molecule is CCn1c(=NC(=O)c2cc3ccccc3o2)sc2cc(SC)ccc21. The van der Waals surface area contributed by atoms with Gasteiger partial charge in [0.1, 0.15) is 5.58 Å². The zero-order valence-corrected chi connectivity index (χ0v) is 15.5. The summed E-state index contributed by atoms with van der Waals surface area (Å²) >= 11 is 3.23. The first kappa shape index (κ1) is 16.2. The minimum Gasteiger partial charge on any atom is -0.451 e. The van der Waals surface area contributed by atoms with Crippen molar-refractivity contribution < 1.29 is 9.21 Å². The van der Waals surface area contributed by atoms with Crippen LogP contribution in [0.25, 0.3) is 21.2 Å². The first-order chi connectivity index (χ1) is 12.2. The first-order valence-electron chi connectivity index (χ1n) is 7.94. The standard InChI is InChI=1S/C19H16N2O2S2/c1-3-21-14-9-8-13(24-2)11-17(14)25-19(21)20-18(22)16-10-12-6-4-5-7-15(12)23-16/h4-11H,3H2,1-2H3. The predicted octanol–water partition coefficient (Wildman–Crippen LogP) is 4.93. The molecule has 0 unspecified atom stereocenters. The number of fused-ring (bicyclic) bond motifs is 2. The van der Waals surface area contributed by atoms with Crippen molar-refractivity contribution in [3.05, 3.63) is 59.1 Å². The smallest absolute Gasteiger partial charge is 0.315 e. The summed E-state index contributed by atoms with van der Waals surface area (Å²) in [6, 6.07) is 15.6. The quantitative estimate of drug-likeness (QED) is 0.482. The number of hydrogen-bond acceptors (Lipinski definition) is 4. The van der Waals surface area contributed by atoms with Gasteiger partial charge < -0.3 is 8.98 Å². The second-order valence-electron chi connectivity index (χ2n) is 5.53. The molecule has 126 valence electrons. The van der Waals surface area contributed by atoms with Crippen molar-refractivity contribution >= 4 is 50.2 Å². The summed E-state index contributed by atoms with van der Waals surface area (Å²) in [6.45, 7) is 2.81. The number of amides is 1. The highest BCUT2D eigenvalue weighted by atomic mass is 32.2. The number of furan rings is 1. The van der Waals surface area contributed by atoms with Gasteiger partial charge in [-0.3, -0.25) is 4.79 Å². The highest BCUT2D eigenvalue weighted by Gasteiger charge is 2.13. The van der Waals surface area contributed by atoms with Gasteiger partial charge in [0.15, 0.2) is 10.6 Å². The number of carbonyl (C=O) groups excluding carboxylic acids is 1. The van der Waals surface area contributed by atoms with E-state index in [1.165, 1.54) is 16.2 Å². The molecule has 0 saturated carbocycles. The molecule has 0 aliphatic carbocycles. The molecule has 0 aliphatic heterocycles. The Morgan fingerprint density at radius 2 is 2.08 bits per heavy atom. The van der Waals surface area contributed by atoms with Crippen LogP contribution in [0.5, 0.6) is 0 Å². The van der Waals surface area contributed by atoms with Gasteiger partial charge in [-0.25, -0.2) is 0 Å². The van der Waals surface area contributed by atoms with E-state index in [2.05, 4.69) is 40.9 Å². The number of benzene rings is 2. The summed E-state index contributed by atoms with van der Waals surface area (Å²) in [5, 5.41) is 0.908. The molecular weight excluding hydrogens is 352 g/mol. The van der Waals surface area contributed by atoms with Gasteiger partial charge in [0.2, 0.25) is 0 Å². The predicted molar refractivity (Wildman–Crippen MR) is 103 cm³/mol. The first-order valence-corrected chi connectivity index (χ1v) is 9.98.